The predicted octanol–water partition coefficient (Wildman–Crippen LogP) is -0.0472. The van der Waals surface area contributed by atoms with Crippen LogP contribution in [0.3, 0.4) is 0 Å². The van der Waals surface area contributed by atoms with Gasteiger partial charge in [0, 0.05) is 18.9 Å². The van der Waals surface area contributed by atoms with E-state index in [1.807, 2.05) is 0 Å². The highest BCUT2D eigenvalue weighted by Crippen LogP contribution is 1.94. The van der Waals surface area contributed by atoms with Gasteiger partial charge in [-0.1, -0.05) is 0 Å². The Labute approximate surface area is 92.8 Å². The molecular formula is C10H14N2O4. The molecule has 0 aliphatic carbocycles. The third-order valence-electron chi connectivity index (χ3n) is 1.88. The molecule has 0 saturated heterocycles. The van der Waals surface area contributed by atoms with Gasteiger partial charge in [0.15, 0.2) is 0 Å². The number of carbonyl (C=O) groups excluding carboxylic acids is 1. The van der Waals surface area contributed by atoms with Crippen LogP contribution in [0.15, 0.2) is 17.1 Å². The van der Waals surface area contributed by atoms with Crippen LogP contribution in [0, 0.1) is 0 Å². The molecule has 0 fully saturated rings. The average molecular weight is 226 g/mol. The van der Waals surface area contributed by atoms with E-state index in [2.05, 4.69) is 5.10 Å². The summed E-state index contributed by atoms with van der Waals surface area (Å²) in [5.41, 5.74) is 0.0166. The number of aromatic nitrogens is 2. The van der Waals surface area contributed by atoms with Gasteiger partial charge >= 0.3 is 5.97 Å². The van der Waals surface area contributed by atoms with Gasteiger partial charge in [-0.2, -0.15) is 5.10 Å². The Morgan fingerprint density at radius 1 is 1.56 bits per heavy atom. The summed E-state index contributed by atoms with van der Waals surface area (Å²) in [5.74, 6) is -0.422. The molecule has 0 atom stereocenters. The fraction of sp³-hybridized carbons (Fsp3) is 0.500. The second kappa shape index (κ2) is 6.02. The lowest BCUT2D eigenvalue weighted by Gasteiger charge is -2.05. The van der Waals surface area contributed by atoms with Gasteiger partial charge < -0.3 is 9.47 Å². The van der Waals surface area contributed by atoms with Crippen LogP contribution in [0.1, 0.15) is 12.5 Å². The molecule has 1 aromatic heterocycles. The number of esters is 1. The van der Waals surface area contributed by atoms with Crippen LogP contribution < -0.4 is 5.56 Å². The first kappa shape index (κ1) is 12.4. The first-order valence-electron chi connectivity index (χ1n) is 4.88. The monoisotopic (exact) mass is 226 g/mol. The molecule has 1 heterocycles. The maximum Gasteiger partial charge on any atom is 0.310 e. The van der Waals surface area contributed by atoms with Crippen LogP contribution in [0.4, 0.5) is 0 Å². The summed E-state index contributed by atoms with van der Waals surface area (Å²) in [7, 11) is 1.46. The zero-order valence-corrected chi connectivity index (χ0v) is 9.30. The van der Waals surface area contributed by atoms with Crippen molar-refractivity contribution in [3.63, 3.8) is 0 Å². The molecule has 0 bridgehead atoms. The molecular weight excluding hydrogens is 212 g/mol. The molecule has 88 valence electrons. The largest absolute Gasteiger partial charge is 0.466 e. The lowest BCUT2D eigenvalue weighted by Crippen LogP contribution is -2.28. The molecule has 0 unspecified atom stereocenters. The summed E-state index contributed by atoms with van der Waals surface area (Å²) >= 11 is 0. The number of methoxy groups -OCH3 is 1. The summed E-state index contributed by atoms with van der Waals surface area (Å²) < 4.78 is 10.7. The van der Waals surface area contributed by atoms with Crippen molar-refractivity contribution < 1.29 is 14.3 Å². The van der Waals surface area contributed by atoms with E-state index in [0.717, 1.165) is 4.68 Å². The molecule has 6 heteroatoms. The van der Waals surface area contributed by atoms with Crippen molar-refractivity contribution in [3.05, 3.63) is 28.2 Å². The van der Waals surface area contributed by atoms with E-state index in [1.54, 1.807) is 6.92 Å². The van der Waals surface area contributed by atoms with Gasteiger partial charge in [0.05, 0.1) is 13.0 Å². The molecule has 1 aromatic rings. The van der Waals surface area contributed by atoms with Gasteiger partial charge in [-0.05, 0) is 13.0 Å². The number of nitrogens with zero attached hydrogens (tertiary/aromatic N) is 2. The summed E-state index contributed by atoms with van der Waals surface area (Å²) in [5, 5.41) is 3.81. The molecule has 0 aliphatic rings. The van der Waals surface area contributed by atoms with Crippen LogP contribution in [0.25, 0.3) is 0 Å². The number of ether oxygens (including phenoxy) is 2. The van der Waals surface area contributed by atoms with Crippen LogP contribution in [-0.4, -0.2) is 29.5 Å². The third kappa shape index (κ3) is 3.16. The van der Waals surface area contributed by atoms with Crippen molar-refractivity contribution in [2.24, 2.45) is 0 Å². The summed E-state index contributed by atoms with van der Waals surface area (Å²) in [4.78, 5) is 22.9. The third-order valence-corrected chi connectivity index (χ3v) is 1.88. The summed E-state index contributed by atoms with van der Waals surface area (Å²) in [6.45, 7) is 2.08. The number of rotatable bonds is 5. The van der Waals surface area contributed by atoms with Crippen LogP contribution in [0.5, 0.6) is 0 Å². The normalized spacial score (nSPS) is 10.1. The molecule has 0 aromatic carbocycles. The van der Waals surface area contributed by atoms with Gasteiger partial charge in [0.2, 0.25) is 0 Å². The quantitative estimate of drug-likeness (QED) is 0.658. The Balaban J connectivity index is 2.84. The Morgan fingerprint density at radius 3 is 2.94 bits per heavy atom. The Kier molecular flexibility index (Phi) is 4.65. The second-order valence-electron chi connectivity index (χ2n) is 3.06. The molecule has 0 N–H and O–H groups in total. The van der Waals surface area contributed by atoms with E-state index in [1.165, 1.54) is 19.4 Å². The minimum atomic E-state index is -0.422. The van der Waals surface area contributed by atoms with E-state index in [-0.39, 0.29) is 18.7 Å². The van der Waals surface area contributed by atoms with Crippen LogP contribution in [-0.2, 0) is 27.4 Å². The van der Waals surface area contributed by atoms with Gasteiger partial charge in [0.25, 0.3) is 5.56 Å². The fourth-order valence-electron chi connectivity index (χ4n) is 1.21. The standard InChI is InChI=1S/C10H14N2O4/c1-3-16-9(13)6-8-4-5-11-12(7-15-2)10(8)14/h4-5H,3,6-7H2,1-2H3. The molecule has 0 amide bonds. The van der Waals surface area contributed by atoms with E-state index in [0.29, 0.717) is 12.2 Å². The topological polar surface area (TPSA) is 70.4 Å². The highest BCUT2D eigenvalue weighted by Gasteiger charge is 2.09. The number of carbonyl (C=O) groups is 1. The smallest absolute Gasteiger partial charge is 0.310 e. The Morgan fingerprint density at radius 2 is 2.31 bits per heavy atom. The first-order valence-corrected chi connectivity index (χ1v) is 4.88. The van der Waals surface area contributed by atoms with E-state index in [4.69, 9.17) is 9.47 Å². The maximum absolute atomic E-state index is 11.7. The van der Waals surface area contributed by atoms with Gasteiger partial charge in [-0.3, -0.25) is 9.59 Å². The van der Waals surface area contributed by atoms with E-state index in [9.17, 15) is 9.59 Å². The summed E-state index contributed by atoms with van der Waals surface area (Å²) in [6, 6.07) is 1.51. The molecule has 16 heavy (non-hydrogen) atoms. The maximum atomic E-state index is 11.7. The van der Waals surface area contributed by atoms with Crippen molar-refractivity contribution in [1.29, 1.82) is 0 Å². The Hall–Kier alpha value is -1.69. The van der Waals surface area contributed by atoms with Crippen molar-refractivity contribution in [3.8, 4) is 0 Å². The molecule has 1 rings (SSSR count). The highest BCUT2D eigenvalue weighted by atomic mass is 16.5. The van der Waals surface area contributed by atoms with Crippen molar-refractivity contribution in [1.82, 2.24) is 9.78 Å². The number of hydrogen-bond donors (Lipinski definition) is 0. The van der Waals surface area contributed by atoms with Crippen molar-refractivity contribution in [2.75, 3.05) is 13.7 Å². The van der Waals surface area contributed by atoms with Crippen LogP contribution in [0.2, 0.25) is 0 Å². The predicted molar refractivity (Wildman–Crippen MR) is 55.8 cm³/mol. The first-order chi connectivity index (χ1) is 7.69. The van der Waals surface area contributed by atoms with E-state index < -0.39 is 5.97 Å². The summed E-state index contributed by atoms with van der Waals surface area (Å²) in [6.07, 6.45) is 1.41. The highest BCUT2D eigenvalue weighted by molar-refractivity contribution is 5.72. The lowest BCUT2D eigenvalue weighted by molar-refractivity contribution is -0.142. The van der Waals surface area contributed by atoms with E-state index >= 15 is 0 Å². The number of hydrogen-bond acceptors (Lipinski definition) is 5. The molecule has 0 saturated carbocycles. The lowest BCUT2D eigenvalue weighted by atomic mass is 10.2. The average Bonchev–Trinajstić information content (AvgIpc) is 2.24. The molecule has 0 spiro atoms. The van der Waals surface area contributed by atoms with Gasteiger partial charge in [-0.15, -0.1) is 0 Å². The molecule has 0 aliphatic heterocycles. The van der Waals surface area contributed by atoms with Crippen molar-refractivity contribution in [2.45, 2.75) is 20.1 Å². The zero-order valence-electron chi connectivity index (χ0n) is 9.30. The SMILES string of the molecule is CCOC(=O)Cc1ccnn(COC)c1=O. The second-order valence-corrected chi connectivity index (χ2v) is 3.06. The minimum Gasteiger partial charge on any atom is -0.466 e. The van der Waals surface area contributed by atoms with Crippen molar-refractivity contribution >= 4 is 5.97 Å². The fourth-order valence-corrected chi connectivity index (χ4v) is 1.21. The Bertz CT molecular complexity index is 414. The van der Waals surface area contributed by atoms with Crippen LogP contribution >= 0.6 is 0 Å². The molecule has 6 nitrogen and oxygen atoms in total. The molecule has 0 radical (unpaired) electrons. The van der Waals surface area contributed by atoms with Gasteiger partial charge in [-0.25, -0.2) is 4.68 Å². The minimum absolute atomic E-state index is 0.0428. The zero-order chi connectivity index (χ0) is 12.0. The van der Waals surface area contributed by atoms with Gasteiger partial charge in [0.1, 0.15) is 6.73 Å².